The van der Waals surface area contributed by atoms with E-state index in [1.54, 1.807) is 10.9 Å². The van der Waals surface area contributed by atoms with E-state index in [0.29, 0.717) is 32.0 Å². The Kier molecular flexibility index (Phi) is 7.31. The fraction of sp³-hybridized carbons (Fsp3) is 0.714. The highest BCUT2D eigenvalue weighted by atomic mass is 35.5. The smallest absolute Gasteiger partial charge is 0.108 e. The number of aliphatic hydroxyl groups is 1. The molecule has 1 aromatic heterocycles. The Labute approximate surface area is 88.5 Å². The van der Waals surface area contributed by atoms with Crippen molar-refractivity contribution in [3.05, 3.63) is 11.9 Å². The third-order valence-corrected chi connectivity index (χ3v) is 1.48. The lowest BCUT2D eigenvalue weighted by Gasteiger charge is -2.00. The summed E-state index contributed by atoms with van der Waals surface area (Å²) in [6.45, 7) is 2.20. The Morgan fingerprint density at radius 2 is 2.29 bits per heavy atom. The van der Waals surface area contributed by atoms with Crippen LogP contribution in [-0.2, 0) is 17.9 Å². The quantitative estimate of drug-likeness (QED) is 0.614. The van der Waals surface area contributed by atoms with Gasteiger partial charge in [0.2, 0.25) is 0 Å². The summed E-state index contributed by atoms with van der Waals surface area (Å²) >= 11 is 0. The van der Waals surface area contributed by atoms with E-state index < -0.39 is 0 Å². The average Bonchev–Trinajstić information content (AvgIpc) is 2.60. The van der Waals surface area contributed by atoms with Gasteiger partial charge in [-0.15, -0.1) is 17.5 Å². The van der Waals surface area contributed by atoms with Gasteiger partial charge < -0.3 is 15.6 Å². The summed E-state index contributed by atoms with van der Waals surface area (Å²) in [7, 11) is 0. The molecule has 0 bridgehead atoms. The van der Waals surface area contributed by atoms with Crippen molar-refractivity contribution >= 4 is 12.4 Å². The number of halogens is 1. The summed E-state index contributed by atoms with van der Waals surface area (Å²) in [5.41, 5.74) is 5.81. The number of ether oxygens (including phenoxy) is 1. The average molecular weight is 223 g/mol. The lowest BCUT2D eigenvalue weighted by atomic mass is 10.5. The van der Waals surface area contributed by atoms with Crippen molar-refractivity contribution in [3.8, 4) is 0 Å². The van der Waals surface area contributed by atoms with E-state index in [1.165, 1.54) is 0 Å². The molecule has 1 heterocycles. The second-order valence-corrected chi connectivity index (χ2v) is 2.53. The minimum absolute atomic E-state index is 0. The molecule has 6 nitrogen and oxygen atoms in total. The second kappa shape index (κ2) is 7.69. The maximum Gasteiger partial charge on any atom is 0.108 e. The number of rotatable bonds is 6. The molecule has 0 fully saturated rings. The van der Waals surface area contributed by atoms with Gasteiger partial charge in [0, 0.05) is 6.54 Å². The zero-order chi connectivity index (χ0) is 9.52. The van der Waals surface area contributed by atoms with Crippen molar-refractivity contribution in [1.29, 1.82) is 0 Å². The van der Waals surface area contributed by atoms with Gasteiger partial charge in [-0.25, -0.2) is 4.68 Å². The molecule has 7 heteroatoms. The number of aromatic nitrogens is 3. The maximum absolute atomic E-state index is 8.70. The molecule has 0 unspecified atom stereocenters. The Balaban J connectivity index is 0.00000169. The van der Waals surface area contributed by atoms with E-state index in [0.717, 1.165) is 0 Å². The zero-order valence-corrected chi connectivity index (χ0v) is 8.61. The van der Waals surface area contributed by atoms with Gasteiger partial charge in [-0.1, -0.05) is 5.21 Å². The van der Waals surface area contributed by atoms with E-state index in [1.807, 2.05) is 0 Å². The first-order valence-corrected chi connectivity index (χ1v) is 4.14. The Bertz CT molecular complexity index is 243. The molecule has 1 rings (SSSR count). The molecule has 0 saturated carbocycles. The summed E-state index contributed by atoms with van der Waals surface area (Å²) in [4.78, 5) is 0. The Morgan fingerprint density at radius 1 is 1.50 bits per heavy atom. The van der Waals surface area contributed by atoms with Crippen molar-refractivity contribution in [2.45, 2.75) is 13.2 Å². The van der Waals surface area contributed by atoms with E-state index in [9.17, 15) is 0 Å². The van der Waals surface area contributed by atoms with Crippen molar-refractivity contribution in [1.82, 2.24) is 15.0 Å². The van der Waals surface area contributed by atoms with Crippen molar-refractivity contribution < 1.29 is 9.84 Å². The molecule has 0 spiro atoms. The predicted octanol–water partition coefficient (Wildman–Crippen LogP) is -0.833. The van der Waals surface area contributed by atoms with E-state index in [-0.39, 0.29) is 19.0 Å². The second-order valence-electron chi connectivity index (χ2n) is 2.53. The molecule has 0 radical (unpaired) electrons. The topological polar surface area (TPSA) is 86.2 Å². The Hall–Kier alpha value is -0.690. The standard InChI is InChI=1S/C7H14N4O2.ClH/c8-1-3-13-4-2-11-5-7(6-12)9-10-11;/h5,12H,1-4,6,8H2;1H. The highest BCUT2D eigenvalue weighted by molar-refractivity contribution is 5.85. The lowest BCUT2D eigenvalue weighted by molar-refractivity contribution is 0.130. The molecule has 1 aromatic rings. The van der Waals surface area contributed by atoms with Crippen LogP contribution in [-0.4, -0.2) is 39.9 Å². The fourth-order valence-electron chi connectivity index (χ4n) is 0.864. The molecule has 0 amide bonds. The molecule has 0 aliphatic heterocycles. The molecule has 82 valence electrons. The highest BCUT2D eigenvalue weighted by Crippen LogP contribution is 1.91. The van der Waals surface area contributed by atoms with Gasteiger partial charge in [-0.05, 0) is 0 Å². The maximum atomic E-state index is 8.70. The highest BCUT2D eigenvalue weighted by Gasteiger charge is 1.97. The first-order valence-electron chi connectivity index (χ1n) is 4.14. The van der Waals surface area contributed by atoms with Crippen LogP contribution in [0.2, 0.25) is 0 Å². The molecule has 14 heavy (non-hydrogen) atoms. The molecule has 0 aliphatic carbocycles. The minimum atomic E-state index is -0.0797. The number of nitrogens with zero attached hydrogens (tertiary/aromatic N) is 3. The van der Waals surface area contributed by atoms with Crippen LogP contribution in [0.25, 0.3) is 0 Å². The van der Waals surface area contributed by atoms with Gasteiger partial charge in [0.15, 0.2) is 0 Å². The van der Waals surface area contributed by atoms with Gasteiger partial charge >= 0.3 is 0 Å². The van der Waals surface area contributed by atoms with Gasteiger partial charge in [-0.3, -0.25) is 0 Å². The molecular weight excluding hydrogens is 208 g/mol. The zero-order valence-electron chi connectivity index (χ0n) is 7.80. The molecule has 0 aromatic carbocycles. The van der Waals surface area contributed by atoms with Crippen LogP contribution < -0.4 is 5.73 Å². The first-order chi connectivity index (χ1) is 6.36. The van der Waals surface area contributed by atoms with Crippen LogP contribution >= 0.6 is 12.4 Å². The third kappa shape index (κ3) is 4.52. The monoisotopic (exact) mass is 222 g/mol. The first kappa shape index (κ1) is 13.3. The molecule has 0 aliphatic rings. The number of hydrogen-bond acceptors (Lipinski definition) is 5. The van der Waals surface area contributed by atoms with Crippen LogP contribution in [0.5, 0.6) is 0 Å². The van der Waals surface area contributed by atoms with Crippen molar-refractivity contribution in [2.24, 2.45) is 5.73 Å². The largest absolute Gasteiger partial charge is 0.390 e. The number of nitrogens with two attached hydrogens (primary N) is 1. The van der Waals surface area contributed by atoms with Gasteiger partial charge in [-0.2, -0.15) is 0 Å². The van der Waals surface area contributed by atoms with Crippen LogP contribution in [0.15, 0.2) is 6.20 Å². The van der Waals surface area contributed by atoms with Crippen LogP contribution in [0, 0.1) is 0 Å². The van der Waals surface area contributed by atoms with Crippen LogP contribution in [0.1, 0.15) is 5.69 Å². The SMILES string of the molecule is Cl.NCCOCCn1cc(CO)nn1. The lowest BCUT2D eigenvalue weighted by Crippen LogP contribution is -2.12. The molecular formula is C7H15ClN4O2. The summed E-state index contributed by atoms with van der Waals surface area (Å²) in [5.74, 6) is 0. The van der Waals surface area contributed by atoms with E-state index in [4.69, 9.17) is 15.6 Å². The summed E-state index contributed by atoms with van der Waals surface area (Å²) in [5, 5.41) is 16.2. The summed E-state index contributed by atoms with van der Waals surface area (Å²) < 4.78 is 6.78. The van der Waals surface area contributed by atoms with Crippen LogP contribution in [0.4, 0.5) is 0 Å². The third-order valence-electron chi connectivity index (χ3n) is 1.48. The fourth-order valence-corrected chi connectivity index (χ4v) is 0.864. The van der Waals surface area contributed by atoms with Gasteiger partial charge in [0.1, 0.15) is 5.69 Å². The van der Waals surface area contributed by atoms with Gasteiger partial charge in [0.25, 0.3) is 0 Å². The molecule has 0 atom stereocenters. The van der Waals surface area contributed by atoms with E-state index in [2.05, 4.69) is 10.3 Å². The minimum Gasteiger partial charge on any atom is -0.390 e. The van der Waals surface area contributed by atoms with Gasteiger partial charge in [0.05, 0.1) is 32.6 Å². The Morgan fingerprint density at radius 3 is 2.86 bits per heavy atom. The summed E-state index contributed by atoms with van der Waals surface area (Å²) in [6, 6.07) is 0. The number of hydrogen-bond donors (Lipinski definition) is 2. The van der Waals surface area contributed by atoms with Crippen LogP contribution in [0.3, 0.4) is 0 Å². The molecule has 0 saturated heterocycles. The van der Waals surface area contributed by atoms with Crippen molar-refractivity contribution in [2.75, 3.05) is 19.8 Å². The van der Waals surface area contributed by atoms with E-state index >= 15 is 0 Å². The number of aliphatic hydroxyl groups excluding tert-OH is 1. The van der Waals surface area contributed by atoms with Crippen molar-refractivity contribution in [3.63, 3.8) is 0 Å². The summed E-state index contributed by atoms with van der Waals surface area (Å²) in [6.07, 6.45) is 1.69. The predicted molar refractivity (Wildman–Crippen MR) is 53.1 cm³/mol. The molecule has 3 N–H and O–H groups in total. The normalized spacial score (nSPS) is 9.86.